The van der Waals surface area contributed by atoms with Crippen LogP contribution >= 0.6 is 0 Å². The second kappa shape index (κ2) is 11.9. The number of nitrogens with zero attached hydrogens (tertiary/aromatic N) is 3. The van der Waals surface area contributed by atoms with E-state index in [1.165, 1.54) is 41.8 Å². The van der Waals surface area contributed by atoms with Crippen molar-refractivity contribution < 1.29 is 43.9 Å². The molecule has 46 heavy (non-hydrogen) atoms. The minimum Gasteiger partial charge on any atom is -0.440 e. The Labute approximate surface area is 259 Å². The van der Waals surface area contributed by atoms with Crippen molar-refractivity contribution in [2.45, 2.75) is 43.7 Å². The van der Waals surface area contributed by atoms with Crippen molar-refractivity contribution in [3.05, 3.63) is 90.3 Å². The fraction of sp³-hybridized carbons (Fsp3) is 0.226. The molecule has 0 bridgehead atoms. The van der Waals surface area contributed by atoms with Gasteiger partial charge in [-0.25, -0.2) is 18.4 Å². The largest absolute Gasteiger partial charge is 0.573 e. The van der Waals surface area contributed by atoms with Crippen molar-refractivity contribution >= 4 is 9.84 Å². The van der Waals surface area contributed by atoms with E-state index in [4.69, 9.17) is 10.2 Å². The van der Waals surface area contributed by atoms with Gasteiger partial charge in [0.05, 0.1) is 10.6 Å². The van der Waals surface area contributed by atoms with Crippen molar-refractivity contribution in [2.24, 2.45) is 5.73 Å². The van der Waals surface area contributed by atoms with E-state index < -0.39 is 39.9 Å². The van der Waals surface area contributed by atoms with Crippen molar-refractivity contribution in [1.29, 1.82) is 0 Å². The third-order valence-corrected chi connectivity index (χ3v) is 7.91. The van der Waals surface area contributed by atoms with E-state index in [1.807, 2.05) is 0 Å². The van der Waals surface area contributed by atoms with E-state index in [0.29, 0.717) is 16.7 Å². The fourth-order valence-corrected chi connectivity index (χ4v) is 5.45. The third-order valence-electron chi connectivity index (χ3n) is 6.80. The van der Waals surface area contributed by atoms with Gasteiger partial charge in [0.1, 0.15) is 17.3 Å². The van der Waals surface area contributed by atoms with Crippen LogP contribution in [0.3, 0.4) is 0 Å². The first-order valence-electron chi connectivity index (χ1n) is 13.6. The van der Waals surface area contributed by atoms with Gasteiger partial charge in [-0.1, -0.05) is 18.2 Å². The number of aryl methyl sites for hydroxylation is 1. The molecule has 0 fully saturated rings. The molecule has 8 nitrogen and oxygen atoms in total. The van der Waals surface area contributed by atoms with Crippen molar-refractivity contribution in [1.82, 2.24) is 14.5 Å². The molecule has 5 rings (SSSR count). The maximum Gasteiger partial charge on any atom is 0.573 e. The predicted octanol–water partition coefficient (Wildman–Crippen LogP) is 7.38. The van der Waals surface area contributed by atoms with E-state index in [9.17, 15) is 34.8 Å². The summed E-state index contributed by atoms with van der Waals surface area (Å²) in [5.74, 6) is -0.215. The lowest BCUT2D eigenvalue weighted by atomic mass is 9.98. The molecule has 0 aliphatic heterocycles. The smallest absolute Gasteiger partial charge is 0.440 e. The Hall–Kier alpha value is -4.63. The van der Waals surface area contributed by atoms with Gasteiger partial charge in [-0.15, -0.1) is 13.2 Å². The molecule has 0 saturated carbocycles. The Morgan fingerprint density at radius 2 is 1.59 bits per heavy atom. The van der Waals surface area contributed by atoms with E-state index in [1.54, 1.807) is 31.2 Å². The summed E-state index contributed by atoms with van der Waals surface area (Å²) in [6.45, 7) is 3.10. The van der Waals surface area contributed by atoms with Gasteiger partial charge in [-0.05, 0) is 73.5 Å². The molecule has 15 heteroatoms. The number of alkyl halides is 6. The van der Waals surface area contributed by atoms with Crippen LogP contribution in [0.1, 0.15) is 24.3 Å². The van der Waals surface area contributed by atoms with E-state index in [0.717, 1.165) is 24.6 Å². The van der Waals surface area contributed by atoms with E-state index >= 15 is 0 Å². The monoisotopic (exact) mass is 664 g/mol. The Kier molecular flexibility index (Phi) is 8.51. The summed E-state index contributed by atoms with van der Waals surface area (Å²) >= 11 is 0. The molecule has 3 aromatic carbocycles. The summed E-state index contributed by atoms with van der Waals surface area (Å²) in [6, 6.07) is 15.3. The number of oxazole rings is 1. The molecule has 0 amide bonds. The number of rotatable bonds is 8. The molecule has 0 saturated heterocycles. The predicted molar refractivity (Wildman–Crippen MR) is 157 cm³/mol. The highest BCUT2D eigenvalue weighted by Crippen LogP contribution is 2.40. The molecular weight excluding hydrogens is 638 g/mol. The van der Waals surface area contributed by atoms with Crippen LogP contribution in [-0.4, -0.2) is 41.6 Å². The quantitative estimate of drug-likeness (QED) is 0.172. The number of hydrogen-bond donors (Lipinski definition) is 1. The molecule has 1 atom stereocenters. The van der Waals surface area contributed by atoms with Crippen LogP contribution in [-0.2, 0) is 22.4 Å². The summed E-state index contributed by atoms with van der Waals surface area (Å²) in [5, 5.41) is 0. The minimum atomic E-state index is -4.91. The molecule has 0 aliphatic carbocycles. The minimum absolute atomic E-state index is 0.00548. The molecule has 242 valence electrons. The molecule has 2 aromatic heterocycles. The standard InChI is InChI=1S/C31H26F6N4O4S/c1-17(38)13-27-40-28(19-7-10-22(11-8-19)45-31(35,36)37)29(44-27)24-15-21(20-5-4-6-23(14-20)46(3,42)43)9-12-25(24)41-16-26(30(32,33)34)39-18(41)2/h4-12,14-17H,13,38H2,1-3H3. The zero-order valence-corrected chi connectivity index (χ0v) is 25.3. The first-order valence-corrected chi connectivity index (χ1v) is 15.5. The number of halogens is 6. The van der Waals surface area contributed by atoms with Crippen LogP contribution in [0.25, 0.3) is 39.4 Å². The van der Waals surface area contributed by atoms with Gasteiger partial charge in [0, 0.05) is 36.0 Å². The first kappa shape index (κ1) is 32.8. The number of benzene rings is 3. The lowest BCUT2D eigenvalue weighted by molar-refractivity contribution is -0.274. The van der Waals surface area contributed by atoms with Crippen molar-refractivity contribution in [3.63, 3.8) is 0 Å². The summed E-state index contributed by atoms with van der Waals surface area (Å²) in [4.78, 5) is 8.29. The van der Waals surface area contributed by atoms with Crippen LogP contribution < -0.4 is 10.5 Å². The lowest BCUT2D eigenvalue weighted by Gasteiger charge is -2.14. The van der Waals surface area contributed by atoms with Gasteiger partial charge in [-0.3, -0.25) is 0 Å². The Morgan fingerprint density at radius 3 is 2.17 bits per heavy atom. The van der Waals surface area contributed by atoms with Gasteiger partial charge < -0.3 is 19.5 Å². The molecule has 0 aliphatic rings. The average molecular weight is 665 g/mol. The summed E-state index contributed by atoms with van der Waals surface area (Å²) in [5.41, 5.74) is 6.77. The Morgan fingerprint density at radius 1 is 0.935 bits per heavy atom. The normalized spacial score (nSPS) is 13.2. The number of imidazole rings is 1. The van der Waals surface area contributed by atoms with Crippen molar-refractivity contribution in [2.75, 3.05) is 6.26 Å². The average Bonchev–Trinajstić information content (AvgIpc) is 3.55. The van der Waals surface area contributed by atoms with Gasteiger partial charge in [0.25, 0.3) is 0 Å². The molecular formula is C31H26F6N4O4S. The van der Waals surface area contributed by atoms with Gasteiger partial charge >= 0.3 is 12.5 Å². The summed E-state index contributed by atoms with van der Waals surface area (Å²) < 4.78 is 115. The van der Waals surface area contributed by atoms with Crippen LogP contribution in [0.15, 0.2) is 82.2 Å². The van der Waals surface area contributed by atoms with Gasteiger partial charge in [0.15, 0.2) is 27.2 Å². The molecule has 2 heterocycles. The summed E-state index contributed by atoms with van der Waals surface area (Å²) in [7, 11) is -3.57. The third kappa shape index (κ3) is 7.26. The highest BCUT2D eigenvalue weighted by atomic mass is 32.2. The number of ether oxygens (including phenoxy) is 1. The van der Waals surface area contributed by atoms with Crippen LogP contribution in [0.2, 0.25) is 0 Å². The molecule has 0 radical (unpaired) electrons. The molecule has 2 N–H and O–H groups in total. The topological polar surface area (TPSA) is 113 Å². The number of sulfone groups is 1. The first-order chi connectivity index (χ1) is 21.4. The fourth-order valence-electron chi connectivity index (χ4n) is 4.79. The van der Waals surface area contributed by atoms with E-state index in [-0.39, 0.29) is 45.7 Å². The van der Waals surface area contributed by atoms with E-state index in [2.05, 4.69) is 14.7 Å². The zero-order valence-electron chi connectivity index (χ0n) is 24.4. The SMILES string of the molecule is Cc1nc(C(F)(F)F)cn1-c1ccc(-c2cccc(S(C)(=O)=O)c2)cc1-c1oc(CC(C)N)nc1-c1ccc(OC(F)(F)F)cc1. The Bertz CT molecular complexity index is 2000. The van der Waals surface area contributed by atoms with Crippen LogP contribution in [0, 0.1) is 6.92 Å². The Balaban J connectivity index is 1.76. The number of hydrogen-bond acceptors (Lipinski definition) is 7. The lowest BCUT2D eigenvalue weighted by Crippen LogP contribution is -2.17. The number of aromatic nitrogens is 3. The second-order valence-corrected chi connectivity index (χ2v) is 12.6. The van der Waals surface area contributed by atoms with Crippen LogP contribution in [0.4, 0.5) is 26.3 Å². The maximum atomic E-state index is 13.6. The maximum absolute atomic E-state index is 13.6. The highest BCUT2D eigenvalue weighted by Gasteiger charge is 2.35. The highest BCUT2D eigenvalue weighted by molar-refractivity contribution is 7.90. The summed E-state index contributed by atoms with van der Waals surface area (Å²) in [6.07, 6.45) is -7.58. The number of nitrogens with two attached hydrogens (primary N) is 1. The van der Waals surface area contributed by atoms with Gasteiger partial charge in [0.2, 0.25) is 0 Å². The molecule has 5 aromatic rings. The molecule has 0 spiro atoms. The van der Waals surface area contributed by atoms with Crippen LogP contribution in [0.5, 0.6) is 5.75 Å². The second-order valence-electron chi connectivity index (χ2n) is 10.6. The van der Waals surface area contributed by atoms with Gasteiger partial charge in [-0.2, -0.15) is 13.2 Å². The zero-order chi connectivity index (χ0) is 33.6. The molecule has 1 unspecified atom stereocenters. The van der Waals surface area contributed by atoms with Crippen molar-refractivity contribution in [3.8, 4) is 45.1 Å².